The molecule has 2 rings (SSSR count). The van der Waals surface area contributed by atoms with Crippen LogP contribution in [0.25, 0.3) is 11.2 Å². The highest BCUT2D eigenvalue weighted by molar-refractivity contribution is 7.99. The molecule has 0 saturated heterocycles. The van der Waals surface area contributed by atoms with Gasteiger partial charge in [0.15, 0.2) is 10.8 Å². The number of rotatable bonds is 5. The van der Waals surface area contributed by atoms with E-state index < -0.39 is 0 Å². The molecule has 130 valence electrons. The molecule has 0 radical (unpaired) electrons. The number of carbonyl (C=O) groups excluding carboxylic acids is 2. The van der Waals surface area contributed by atoms with Gasteiger partial charge >= 0.3 is 0 Å². The minimum absolute atomic E-state index is 0.0218. The molecular formula is C15H20ClN5O2S. The fraction of sp³-hybridized carbons (Fsp3) is 0.467. The van der Waals surface area contributed by atoms with Gasteiger partial charge in [0, 0.05) is 18.8 Å². The van der Waals surface area contributed by atoms with E-state index in [1.54, 1.807) is 13.1 Å². The molecule has 2 N–H and O–H groups in total. The number of nitrogens with one attached hydrogen (secondary N) is 2. The first-order chi connectivity index (χ1) is 11.1. The second kappa shape index (κ2) is 7.40. The number of halogens is 1. The maximum absolute atomic E-state index is 12.1. The number of aromatic nitrogens is 3. The molecule has 0 spiro atoms. The monoisotopic (exact) mass is 369 g/mol. The van der Waals surface area contributed by atoms with Gasteiger partial charge in [-0.05, 0) is 26.8 Å². The number of likely N-dealkylation sites (N-methyl/N-ethyl adjacent to an activating group) is 1. The summed E-state index contributed by atoms with van der Waals surface area (Å²) in [6, 6.07) is 1.73. The normalized spacial score (nSPS) is 11.5. The fourth-order valence-electron chi connectivity index (χ4n) is 1.92. The Bertz CT molecular complexity index is 756. The topological polar surface area (TPSA) is 91.0 Å². The summed E-state index contributed by atoms with van der Waals surface area (Å²) in [7, 11) is 1.60. The lowest BCUT2D eigenvalue weighted by Gasteiger charge is -2.23. The van der Waals surface area contributed by atoms with Crippen molar-refractivity contribution in [3.8, 4) is 0 Å². The third-order valence-electron chi connectivity index (χ3n) is 2.94. The van der Waals surface area contributed by atoms with Gasteiger partial charge in [0.2, 0.25) is 11.8 Å². The maximum atomic E-state index is 12.1. The molecule has 0 bridgehead atoms. The summed E-state index contributed by atoms with van der Waals surface area (Å²) in [6.07, 6.45) is 1.52. The van der Waals surface area contributed by atoms with E-state index in [-0.39, 0.29) is 29.7 Å². The van der Waals surface area contributed by atoms with E-state index in [9.17, 15) is 9.59 Å². The van der Waals surface area contributed by atoms with Gasteiger partial charge in [0.1, 0.15) is 0 Å². The molecule has 0 atom stereocenters. The Hall–Kier alpha value is -1.80. The molecule has 2 aromatic heterocycles. The van der Waals surface area contributed by atoms with Crippen molar-refractivity contribution in [2.24, 2.45) is 0 Å². The molecule has 0 fully saturated rings. The number of nitrogens with zero attached hydrogens (tertiary/aromatic N) is 3. The average molecular weight is 370 g/mol. The Morgan fingerprint density at radius 2 is 2.12 bits per heavy atom. The number of aromatic amines is 1. The molecule has 0 aliphatic heterocycles. The molecule has 2 heterocycles. The van der Waals surface area contributed by atoms with Crippen molar-refractivity contribution in [1.29, 1.82) is 0 Å². The molecule has 0 aliphatic rings. The first kappa shape index (κ1) is 18.5. The average Bonchev–Trinajstić information content (AvgIpc) is 2.84. The molecule has 0 aliphatic carbocycles. The summed E-state index contributed by atoms with van der Waals surface area (Å²) in [5.41, 5.74) is 0.945. The van der Waals surface area contributed by atoms with E-state index in [0.717, 1.165) is 5.52 Å². The van der Waals surface area contributed by atoms with Crippen LogP contribution >= 0.6 is 23.4 Å². The fourth-order valence-corrected chi connectivity index (χ4v) is 2.89. The van der Waals surface area contributed by atoms with E-state index in [1.807, 2.05) is 20.8 Å². The van der Waals surface area contributed by atoms with Crippen LogP contribution in [-0.2, 0) is 9.59 Å². The van der Waals surface area contributed by atoms with Gasteiger partial charge in [-0.1, -0.05) is 23.4 Å². The Kier molecular flexibility index (Phi) is 5.71. The standard InChI is InChI=1S/C15H20ClN5O2S/c1-15(2,3)20-11(22)7-21(4)12(23)8-24-14-18-10-5-9(16)6-17-13(10)19-14/h5-6H,7-8H2,1-4H3,(H,20,22)(H,17,18,19). The SMILES string of the molecule is CN(CC(=O)NC(C)(C)C)C(=O)CSc1nc2ncc(Cl)cc2[nH]1. The van der Waals surface area contributed by atoms with Gasteiger partial charge in [0.05, 0.1) is 22.8 Å². The predicted octanol–water partition coefficient (Wildman–Crippen LogP) is 2.08. The van der Waals surface area contributed by atoms with Crippen molar-refractivity contribution in [2.75, 3.05) is 19.3 Å². The van der Waals surface area contributed by atoms with Gasteiger partial charge < -0.3 is 15.2 Å². The number of hydrogen-bond acceptors (Lipinski definition) is 5. The minimum atomic E-state index is -0.321. The van der Waals surface area contributed by atoms with Crippen LogP contribution in [0.2, 0.25) is 5.02 Å². The quantitative estimate of drug-likeness (QED) is 0.787. The molecule has 2 amide bonds. The third kappa shape index (κ3) is 5.38. The predicted molar refractivity (Wildman–Crippen MR) is 95.2 cm³/mol. The Balaban J connectivity index is 1.88. The lowest BCUT2D eigenvalue weighted by atomic mass is 10.1. The molecular weight excluding hydrogens is 350 g/mol. The van der Waals surface area contributed by atoms with Crippen LogP contribution in [0.4, 0.5) is 0 Å². The summed E-state index contributed by atoms with van der Waals surface area (Å²) in [6.45, 7) is 5.70. The van der Waals surface area contributed by atoms with Gasteiger partial charge in [-0.2, -0.15) is 0 Å². The highest BCUT2D eigenvalue weighted by atomic mass is 35.5. The summed E-state index contributed by atoms with van der Waals surface area (Å²) >= 11 is 7.13. The zero-order chi connectivity index (χ0) is 17.9. The van der Waals surface area contributed by atoms with Gasteiger partial charge in [-0.3, -0.25) is 9.59 Å². The largest absolute Gasteiger partial charge is 0.350 e. The van der Waals surface area contributed by atoms with E-state index in [0.29, 0.717) is 15.8 Å². The number of pyridine rings is 1. The highest BCUT2D eigenvalue weighted by Crippen LogP contribution is 2.20. The van der Waals surface area contributed by atoms with Gasteiger partial charge in [-0.25, -0.2) is 9.97 Å². The van der Waals surface area contributed by atoms with Gasteiger partial charge in [0.25, 0.3) is 0 Å². The Morgan fingerprint density at radius 1 is 1.42 bits per heavy atom. The van der Waals surface area contributed by atoms with Crippen LogP contribution in [0.15, 0.2) is 17.4 Å². The smallest absolute Gasteiger partial charge is 0.240 e. The van der Waals surface area contributed by atoms with E-state index in [1.165, 1.54) is 22.9 Å². The molecule has 0 aromatic carbocycles. The van der Waals surface area contributed by atoms with Crippen LogP contribution in [0.1, 0.15) is 20.8 Å². The Labute approximate surface area is 149 Å². The molecule has 0 unspecified atom stereocenters. The molecule has 9 heteroatoms. The van der Waals surface area contributed by atoms with Crippen molar-refractivity contribution in [2.45, 2.75) is 31.5 Å². The van der Waals surface area contributed by atoms with Crippen molar-refractivity contribution in [1.82, 2.24) is 25.2 Å². The number of imidazole rings is 1. The van der Waals surface area contributed by atoms with E-state index in [2.05, 4.69) is 20.3 Å². The molecule has 2 aromatic rings. The first-order valence-electron chi connectivity index (χ1n) is 7.33. The van der Waals surface area contributed by atoms with Crippen molar-refractivity contribution in [3.63, 3.8) is 0 Å². The van der Waals surface area contributed by atoms with Crippen LogP contribution in [0.5, 0.6) is 0 Å². The van der Waals surface area contributed by atoms with Gasteiger partial charge in [-0.15, -0.1) is 0 Å². The highest BCUT2D eigenvalue weighted by Gasteiger charge is 2.18. The van der Waals surface area contributed by atoms with E-state index in [4.69, 9.17) is 11.6 Å². The summed E-state index contributed by atoms with van der Waals surface area (Å²) in [4.78, 5) is 36.8. The zero-order valence-electron chi connectivity index (χ0n) is 14.0. The zero-order valence-corrected chi connectivity index (χ0v) is 15.6. The van der Waals surface area contributed by atoms with E-state index >= 15 is 0 Å². The van der Waals surface area contributed by atoms with Crippen LogP contribution in [-0.4, -0.2) is 56.6 Å². The van der Waals surface area contributed by atoms with Crippen molar-refractivity contribution < 1.29 is 9.59 Å². The third-order valence-corrected chi connectivity index (χ3v) is 4.00. The van der Waals surface area contributed by atoms with Crippen LogP contribution in [0.3, 0.4) is 0 Å². The number of thioether (sulfide) groups is 1. The summed E-state index contributed by atoms with van der Waals surface area (Å²) < 4.78 is 0. The minimum Gasteiger partial charge on any atom is -0.350 e. The Morgan fingerprint density at radius 3 is 2.79 bits per heavy atom. The van der Waals surface area contributed by atoms with Crippen molar-refractivity contribution >= 4 is 46.3 Å². The van der Waals surface area contributed by atoms with Crippen LogP contribution in [0, 0.1) is 0 Å². The molecule has 7 nitrogen and oxygen atoms in total. The first-order valence-corrected chi connectivity index (χ1v) is 8.69. The summed E-state index contributed by atoms with van der Waals surface area (Å²) in [5.74, 6) is -0.172. The number of H-pyrrole nitrogens is 1. The number of hydrogen-bond donors (Lipinski definition) is 2. The lowest BCUT2D eigenvalue weighted by molar-refractivity contribution is -0.133. The van der Waals surface area contributed by atoms with Crippen molar-refractivity contribution in [3.05, 3.63) is 17.3 Å². The van der Waals surface area contributed by atoms with Crippen LogP contribution < -0.4 is 5.32 Å². The molecule has 0 saturated carbocycles. The summed E-state index contributed by atoms with van der Waals surface area (Å²) in [5, 5.41) is 3.92. The molecule has 24 heavy (non-hydrogen) atoms. The lowest BCUT2D eigenvalue weighted by Crippen LogP contribution is -2.46. The number of fused-ring (bicyclic) bond motifs is 1. The number of amides is 2. The second-order valence-electron chi connectivity index (χ2n) is 6.40. The second-order valence-corrected chi connectivity index (χ2v) is 7.80. The maximum Gasteiger partial charge on any atom is 0.240 e. The number of carbonyl (C=O) groups is 2.